The normalized spacial score (nSPS) is 9.73. The van der Waals surface area contributed by atoms with E-state index in [1.54, 1.807) is 0 Å². The van der Waals surface area contributed by atoms with Gasteiger partial charge in [0.1, 0.15) is 0 Å². The first kappa shape index (κ1) is 11.4. The van der Waals surface area contributed by atoms with Crippen molar-refractivity contribution in [2.45, 2.75) is 12.8 Å². The van der Waals surface area contributed by atoms with Crippen molar-refractivity contribution in [2.75, 3.05) is 11.9 Å². The molecule has 0 heterocycles. The first-order valence-corrected chi connectivity index (χ1v) is 4.41. The van der Waals surface area contributed by atoms with Gasteiger partial charge >= 0.3 is 0 Å². The lowest BCUT2D eigenvalue weighted by Gasteiger charge is -2.06. The number of unbranched alkanes of at least 4 members (excludes halogenated alkanes) is 1. The fraction of sp³-hybridized carbons (Fsp3) is 0.300. The van der Waals surface area contributed by atoms with Crippen molar-refractivity contribution in [3.8, 4) is 6.07 Å². The lowest BCUT2D eigenvalue weighted by atomic mass is 10.2. The molecular formula is C10H9F3N2. The van der Waals surface area contributed by atoms with Gasteiger partial charge in [-0.25, -0.2) is 13.2 Å². The van der Waals surface area contributed by atoms with Gasteiger partial charge in [-0.1, -0.05) is 0 Å². The number of hydrogen-bond donors (Lipinski definition) is 1. The van der Waals surface area contributed by atoms with Crippen LogP contribution in [0.4, 0.5) is 18.9 Å². The summed E-state index contributed by atoms with van der Waals surface area (Å²) in [5.74, 6) is -3.93. The van der Waals surface area contributed by atoms with Gasteiger partial charge in [-0.3, -0.25) is 0 Å². The van der Waals surface area contributed by atoms with Gasteiger partial charge in [0.25, 0.3) is 0 Å². The van der Waals surface area contributed by atoms with E-state index < -0.39 is 17.5 Å². The Labute approximate surface area is 85.3 Å². The van der Waals surface area contributed by atoms with E-state index in [0.717, 1.165) is 12.1 Å². The van der Waals surface area contributed by atoms with E-state index in [2.05, 4.69) is 5.32 Å². The minimum Gasteiger partial charge on any atom is -0.383 e. The van der Waals surface area contributed by atoms with Gasteiger partial charge < -0.3 is 5.32 Å². The van der Waals surface area contributed by atoms with Crippen LogP contribution in [0.5, 0.6) is 0 Å². The molecule has 0 saturated heterocycles. The Kier molecular flexibility index (Phi) is 3.98. The number of nitrogens with one attached hydrogen (secondary N) is 1. The number of hydrogen-bond acceptors (Lipinski definition) is 2. The minimum absolute atomic E-state index is 0.0909. The van der Waals surface area contributed by atoms with Crippen molar-refractivity contribution >= 4 is 5.69 Å². The van der Waals surface area contributed by atoms with Gasteiger partial charge in [0.2, 0.25) is 0 Å². The highest BCUT2D eigenvalue weighted by Gasteiger charge is 2.12. The Morgan fingerprint density at radius 3 is 2.60 bits per heavy atom. The average molecular weight is 214 g/mol. The highest BCUT2D eigenvalue weighted by molar-refractivity contribution is 5.45. The molecule has 0 aliphatic heterocycles. The number of benzene rings is 1. The second-order valence-corrected chi connectivity index (χ2v) is 2.91. The number of nitriles is 1. The van der Waals surface area contributed by atoms with Crippen LogP contribution in [0.25, 0.3) is 0 Å². The molecule has 0 saturated carbocycles. The SMILES string of the molecule is N#CCCCNc1ccc(F)c(F)c1F. The van der Waals surface area contributed by atoms with Gasteiger partial charge in [-0.05, 0) is 18.6 Å². The maximum Gasteiger partial charge on any atom is 0.196 e. The second kappa shape index (κ2) is 5.25. The topological polar surface area (TPSA) is 35.8 Å². The Morgan fingerprint density at radius 2 is 1.93 bits per heavy atom. The fourth-order valence-electron chi connectivity index (χ4n) is 1.05. The van der Waals surface area contributed by atoms with E-state index in [-0.39, 0.29) is 5.69 Å². The smallest absolute Gasteiger partial charge is 0.196 e. The molecule has 0 unspecified atom stereocenters. The fourth-order valence-corrected chi connectivity index (χ4v) is 1.05. The van der Waals surface area contributed by atoms with Crippen molar-refractivity contribution in [1.29, 1.82) is 5.26 Å². The summed E-state index contributed by atoms with van der Waals surface area (Å²) in [5, 5.41) is 10.8. The number of nitrogens with zero attached hydrogens (tertiary/aromatic N) is 1. The first-order valence-electron chi connectivity index (χ1n) is 4.41. The predicted octanol–water partition coefficient (Wildman–Crippen LogP) is 2.82. The monoisotopic (exact) mass is 214 g/mol. The molecule has 2 nitrogen and oxygen atoms in total. The quantitative estimate of drug-likeness (QED) is 0.618. The van der Waals surface area contributed by atoms with Crippen molar-refractivity contribution in [2.24, 2.45) is 0 Å². The summed E-state index contributed by atoms with van der Waals surface area (Å²) in [6.45, 7) is 0.343. The molecule has 0 aliphatic carbocycles. The molecule has 15 heavy (non-hydrogen) atoms. The maximum absolute atomic E-state index is 13.0. The van der Waals surface area contributed by atoms with E-state index in [9.17, 15) is 13.2 Å². The molecule has 0 fully saturated rings. The maximum atomic E-state index is 13.0. The van der Waals surface area contributed by atoms with Crippen LogP contribution in [0.15, 0.2) is 12.1 Å². The number of rotatable bonds is 4. The lowest BCUT2D eigenvalue weighted by molar-refractivity contribution is 0.449. The molecule has 0 bridgehead atoms. The summed E-state index contributed by atoms with van der Waals surface area (Å²) in [4.78, 5) is 0. The Hall–Kier alpha value is -1.70. The van der Waals surface area contributed by atoms with Gasteiger partial charge in [0, 0.05) is 13.0 Å². The average Bonchev–Trinajstić information content (AvgIpc) is 2.24. The van der Waals surface area contributed by atoms with E-state index >= 15 is 0 Å². The summed E-state index contributed by atoms with van der Waals surface area (Å²) in [6, 6.07) is 3.90. The van der Waals surface area contributed by atoms with Gasteiger partial charge in [0.15, 0.2) is 17.5 Å². The zero-order chi connectivity index (χ0) is 11.3. The predicted molar refractivity (Wildman–Crippen MR) is 49.7 cm³/mol. The number of anilines is 1. The molecular weight excluding hydrogens is 205 g/mol. The molecule has 1 N–H and O–H groups in total. The molecule has 0 amide bonds. The standard InChI is InChI=1S/C10H9F3N2/c11-7-3-4-8(10(13)9(7)12)15-6-2-1-5-14/h3-4,15H,1-2,6H2. The van der Waals surface area contributed by atoms with Crippen molar-refractivity contribution in [1.82, 2.24) is 0 Å². The van der Waals surface area contributed by atoms with E-state index in [0.29, 0.717) is 19.4 Å². The highest BCUT2D eigenvalue weighted by Crippen LogP contribution is 2.19. The molecule has 1 aromatic rings. The van der Waals surface area contributed by atoms with Crippen LogP contribution in [-0.2, 0) is 0 Å². The minimum atomic E-state index is -1.49. The summed E-state index contributed by atoms with van der Waals surface area (Å²) < 4.78 is 38.3. The van der Waals surface area contributed by atoms with E-state index in [1.165, 1.54) is 0 Å². The second-order valence-electron chi connectivity index (χ2n) is 2.91. The zero-order valence-corrected chi connectivity index (χ0v) is 7.86. The summed E-state index contributed by atoms with van der Waals surface area (Å²) in [6.07, 6.45) is 0.854. The van der Waals surface area contributed by atoms with Crippen molar-refractivity contribution in [3.05, 3.63) is 29.6 Å². The Bertz CT molecular complexity index is 385. The third-order valence-corrected chi connectivity index (χ3v) is 1.82. The van der Waals surface area contributed by atoms with Crippen LogP contribution in [0.2, 0.25) is 0 Å². The first-order chi connectivity index (χ1) is 7.16. The van der Waals surface area contributed by atoms with Crippen LogP contribution in [0, 0.1) is 28.8 Å². The van der Waals surface area contributed by atoms with Gasteiger partial charge in [-0.15, -0.1) is 0 Å². The molecule has 0 aromatic heterocycles. The van der Waals surface area contributed by atoms with Crippen molar-refractivity contribution in [3.63, 3.8) is 0 Å². The zero-order valence-electron chi connectivity index (χ0n) is 7.86. The molecule has 0 atom stereocenters. The largest absolute Gasteiger partial charge is 0.383 e. The lowest BCUT2D eigenvalue weighted by Crippen LogP contribution is -2.05. The van der Waals surface area contributed by atoms with Crippen LogP contribution in [0.1, 0.15) is 12.8 Å². The van der Waals surface area contributed by atoms with Crippen LogP contribution in [-0.4, -0.2) is 6.54 Å². The van der Waals surface area contributed by atoms with Gasteiger partial charge in [-0.2, -0.15) is 5.26 Å². The Balaban J connectivity index is 2.63. The summed E-state index contributed by atoms with van der Waals surface area (Å²) in [7, 11) is 0. The number of halogens is 3. The Morgan fingerprint density at radius 1 is 1.20 bits per heavy atom. The van der Waals surface area contributed by atoms with Gasteiger partial charge in [0.05, 0.1) is 11.8 Å². The molecule has 0 radical (unpaired) electrons. The molecule has 5 heteroatoms. The molecule has 0 spiro atoms. The third-order valence-electron chi connectivity index (χ3n) is 1.82. The molecule has 1 aromatic carbocycles. The van der Waals surface area contributed by atoms with Crippen LogP contribution < -0.4 is 5.32 Å². The van der Waals surface area contributed by atoms with Crippen LogP contribution >= 0.6 is 0 Å². The van der Waals surface area contributed by atoms with Crippen molar-refractivity contribution < 1.29 is 13.2 Å². The molecule has 80 valence electrons. The van der Waals surface area contributed by atoms with Crippen LogP contribution in [0.3, 0.4) is 0 Å². The third kappa shape index (κ3) is 2.88. The summed E-state index contributed by atoms with van der Waals surface area (Å²) in [5.41, 5.74) is -0.0909. The molecule has 0 aliphatic rings. The molecule has 1 rings (SSSR count). The van der Waals surface area contributed by atoms with E-state index in [4.69, 9.17) is 5.26 Å². The summed E-state index contributed by atoms with van der Waals surface area (Å²) >= 11 is 0. The van der Waals surface area contributed by atoms with E-state index in [1.807, 2.05) is 6.07 Å². The highest BCUT2D eigenvalue weighted by atomic mass is 19.2.